The van der Waals surface area contributed by atoms with E-state index < -0.39 is 9.84 Å². The molecule has 1 aliphatic heterocycles. The van der Waals surface area contributed by atoms with Gasteiger partial charge in [-0.3, -0.25) is 9.78 Å². The van der Waals surface area contributed by atoms with Gasteiger partial charge in [0.25, 0.3) is 0 Å². The van der Waals surface area contributed by atoms with Gasteiger partial charge in [0.05, 0.1) is 5.75 Å². The number of aromatic nitrogens is 1. The van der Waals surface area contributed by atoms with Crippen molar-refractivity contribution in [3.63, 3.8) is 0 Å². The number of rotatable bonds is 5. The van der Waals surface area contributed by atoms with Gasteiger partial charge in [-0.25, -0.2) is 8.42 Å². The number of hydrogen-bond donors (Lipinski definition) is 0. The normalized spacial score (nSPS) is 15.0. The molecular formula is C15H23N3O3S. The summed E-state index contributed by atoms with van der Waals surface area (Å²) in [6, 6.07) is 0. The first-order chi connectivity index (χ1) is 10.3. The quantitative estimate of drug-likeness (QED) is 0.787. The summed E-state index contributed by atoms with van der Waals surface area (Å²) in [6.45, 7) is 1.99. The summed E-state index contributed by atoms with van der Waals surface area (Å²) in [4.78, 5) is 20.2. The average molecular weight is 325 g/mol. The van der Waals surface area contributed by atoms with Crippen molar-refractivity contribution in [2.75, 3.05) is 32.6 Å². The van der Waals surface area contributed by atoms with E-state index in [0.29, 0.717) is 13.1 Å². The molecule has 0 aliphatic carbocycles. The van der Waals surface area contributed by atoms with Crippen molar-refractivity contribution in [2.24, 2.45) is 0 Å². The Morgan fingerprint density at radius 3 is 2.73 bits per heavy atom. The fraction of sp³-hybridized carbons (Fsp3) is 0.600. The highest BCUT2D eigenvalue weighted by atomic mass is 32.2. The van der Waals surface area contributed by atoms with Gasteiger partial charge in [-0.2, -0.15) is 0 Å². The lowest BCUT2D eigenvalue weighted by Crippen LogP contribution is -2.37. The lowest BCUT2D eigenvalue weighted by Gasteiger charge is -2.30. The number of fused-ring (bicyclic) bond motifs is 1. The first-order valence-corrected chi connectivity index (χ1v) is 9.37. The van der Waals surface area contributed by atoms with E-state index in [2.05, 4.69) is 9.88 Å². The minimum atomic E-state index is -3.10. The van der Waals surface area contributed by atoms with Gasteiger partial charge < -0.3 is 9.80 Å². The Morgan fingerprint density at radius 2 is 2.09 bits per heavy atom. The van der Waals surface area contributed by atoms with Crippen molar-refractivity contribution in [3.05, 3.63) is 29.1 Å². The number of hydrogen-bond acceptors (Lipinski definition) is 5. The van der Waals surface area contributed by atoms with Crippen LogP contribution in [0.5, 0.6) is 0 Å². The number of carbonyl (C=O) groups excluding carboxylic acids is 1. The Hall–Kier alpha value is -1.47. The van der Waals surface area contributed by atoms with E-state index in [1.54, 1.807) is 4.90 Å². The third-order valence-electron chi connectivity index (χ3n) is 3.75. The molecule has 1 aromatic heterocycles. The van der Waals surface area contributed by atoms with E-state index in [1.165, 1.54) is 11.1 Å². The van der Waals surface area contributed by atoms with Crippen molar-refractivity contribution in [1.29, 1.82) is 0 Å². The molecule has 1 amide bonds. The van der Waals surface area contributed by atoms with E-state index in [4.69, 9.17) is 0 Å². The van der Waals surface area contributed by atoms with Crippen LogP contribution in [0.1, 0.15) is 23.1 Å². The predicted octanol–water partition coefficient (Wildman–Crippen LogP) is 0.463. The van der Waals surface area contributed by atoms with E-state index >= 15 is 0 Å². The fourth-order valence-electron chi connectivity index (χ4n) is 2.69. The van der Waals surface area contributed by atoms with Crippen molar-refractivity contribution in [3.8, 4) is 0 Å². The van der Waals surface area contributed by atoms with Crippen molar-refractivity contribution in [1.82, 2.24) is 14.8 Å². The monoisotopic (exact) mass is 325 g/mol. The maximum Gasteiger partial charge on any atom is 0.223 e. The highest BCUT2D eigenvalue weighted by molar-refractivity contribution is 7.90. The number of carbonyl (C=O) groups is 1. The first kappa shape index (κ1) is 16.9. The minimum absolute atomic E-state index is 0.0545. The Balaban J connectivity index is 2.07. The summed E-state index contributed by atoms with van der Waals surface area (Å²) in [5.41, 5.74) is 3.54. The van der Waals surface area contributed by atoms with Crippen LogP contribution in [0.15, 0.2) is 12.4 Å². The molecule has 0 radical (unpaired) electrons. The van der Waals surface area contributed by atoms with Gasteiger partial charge in [0.2, 0.25) is 5.91 Å². The second-order valence-corrected chi connectivity index (χ2v) is 8.38. The third-order valence-corrected chi connectivity index (χ3v) is 4.70. The highest BCUT2D eigenvalue weighted by Gasteiger charge is 2.23. The standard InChI is InChI=1S/C15H23N3O3S/c1-17(2)10-12-8-16-9-13-11-18(6-4-14(12)13)15(19)5-7-22(3,20)21/h8-9H,4-7,10-11H2,1-3H3. The number of sulfone groups is 1. The van der Waals surface area contributed by atoms with Crippen molar-refractivity contribution in [2.45, 2.75) is 25.9 Å². The van der Waals surface area contributed by atoms with E-state index in [9.17, 15) is 13.2 Å². The molecule has 0 saturated heterocycles. The van der Waals surface area contributed by atoms with Gasteiger partial charge in [-0.05, 0) is 37.2 Å². The second-order valence-electron chi connectivity index (χ2n) is 6.12. The highest BCUT2D eigenvalue weighted by Crippen LogP contribution is 2.22. The van der Waals surface area contributed by atoms with Crippen molar-refractivity contribution >= 4 is 15.7 Å². The van der Waals surface area contributed by atoms with Crippen molar-refractivity contribution < 1.29 is 13.2 Å². The van der Waals surface area contributed by atoms with E-state index in [1.807, 2.05) is 26.5 Å². The lowest BCUT2D eigenvalue weighted by molar-refractivity contribution is -0.131. The van der Waals surface area contributed by atoms with Gasteiger partial charge in [0, 0.05) is 44.7 Å². The molecule has 2 heterocycles. The number of amides is 1. The lowest BCUT2D eigenvalue weighted by atomic mass is 9.96. The minimum Gasteiger partial charge on any atom is -0.338 e. The number of nitrogens with zero attached hydrogens (tertiary/aromatic N) is 3. The molecule has 0 spiro atoms. The Morgan fingerprint density at radius 1 is 1.36 bits per heavy atom. The summed E-state index contributed by atoms with van der Waals surface area (Å²) in [7, 11) is 0.930. The molecule has 0 fully saturated rings. The van der Waals surface area contributed by atoms with Crippen LogP contribution in [0, 0.1) is 0 Å². The molecule has 0 N–H and O–H groups in total. The fourth-order valence-corrected chi connectivity index (χ4v) is 3.23. The maximum atomic E-state index is 12.2. The molecule has 1 aliphatic rings. The Bertz CT molecular complexity index is 656. The first-order valence-electron chi connectivity index (χ1n) is 7.31. The smallest absolute Gasteiger partial charge is 0.223 e. The molecule has 0 atom stereocenters. The van der Waals surface area contributed by atoms with Crippen LogP contribution in [0.4, 0.5) is 0 Å². The summed E-state index contributed by atoms with van der Waals surface area (Å²) in [6.07, 6.45) is 5.71. The van der Waals surface area contributed by atoms with Gasteiger partial charge >= 0.3 is 0 Å². The summed E-state index contributed by atoms with van der Waals surface area (Å²) in [5, 5.41) is 0. The van der Waals surface area contributed by atoms with E-state index in [-0.39, 0.29) is 18.1 Å². The zero-order valence-electron chi connectivity index (χ0n) is 13.4. The molecule has 0 saturated carbocycles. The molecule has 1 aromatic rings. The second kappa shape index (κ2) is 6.75. The molecule has 2 rings (SSSR count). The zero-order valence-corrected chi connectivity index (χ0v) is 14.2. The van der Waals surface area contributed by atoms with Gasteiger partial charge in [-0.15, -0.1) is 0 Å². The summed E-state index contributed by atoms with van der Waals surface area (Å²) < 4.78 is 22.4. The SMILES string of the molecule is CN(C)Cc1cncc2c1CCN(C(=O)CCS(C)(=O)=O)C2. The van der Waals surface area contributed by atoms with E-state index in [0.717, 1.165) is 24.8 Å². The molecule has 0 aromatic carbocycles. The Kier molecular flexibility index (Phi) is 5.18. The molecule has 7 heteroatoms. The topological polar surface area (TPSA) is 70.6 Å². The molecule has 122 valence electrons. The number of pyridine rings is 1. The van der Waals surface area contributed by atoms with Crippen LogP contribution < -0.4 is 0 Å². The van der Waals surface area contributed by atoms with Gasteiger partial charge in [0.1, 0.15) is 9.84 Å². The van der Waals surface area contributed by atoms with Crippen LogP contribution in [0.2, 0.25) is 0 Å². The van der Waals surface area contributed by atoms with Crippen LogP contribution in [-0.2, 0) is 34.1 Å². The zero-order chi connectivity index (χ0) is 16.3. The van der Waals surface area contributed by atoms with Crippen LogP contribution in [0.25, 0.3) is 0 Å². The van der Waals surface area contributed by atoms with Crippen LogP contribution >= 0.6 is 0 Å². The van der Waals surface area contributed by atoms with Crippen LogP contribution in [-0.4, -0.2) is 61.8 Å². The Labute approximate surface area is 132 Å². The molecule has 0 bridgehead atoms. The predicted molar refractivity (Wildman–Crippen MR) is 85.1 cm³/mol. The maximum absolute atomic E-state index is 12.2. The largest absolute Gasteiger partial charge is 0.338 e. The third kappa shape index (κ3) is 4.51. The molecule has 6 nitrogen and oxygen atoms in total. The van der Waals surface area contributed by atoms with Crippen LogP contribution in [0.3, 0.4) is 0 Å². The molecule has 22 heavy (non-hydrogen) atoms. The molecular weight excluding hydrogens is 302 g/mol. The van der Waals surface area contributed by atoms with Gasteiger partial charge in [-0.1, -0.05) is 0 Å². The summed E-state index contributed by atoms with van der Waals surface area (Å²) >= 11 is 0. The average Bonchev–Trinajstić information content (AvgIpc) is 2.43. The van der Waals surface area contributed by atoms with Gasteiger partial charge in [0.15, 0.2) is 0 Å². The summed E-state index contributed by atoms with van der Waals surface area (Å²) in [5.74, 6) is -0.192. The molecule has 0 unspecified atom stereocenters.